The van der Waals surface area contributed by atoms with Crippen molar-refractivity contribution in [1.82, 2.24) is 9.80 Å². The predicted molar refractivity (Wildman–Crippen MR) is 60.5 cm³/mol. The van der Waals surface area contributed by atoms with Crippen LogP contribution in [0.2, 0.25) is 0 Å². The lowest BCUT2D eigenvalue weighted by Crippen LogP contribution is -2.27. The van der Waals surface area contributed by atoms with E-state index >= 15 is 0 Å². The first kappa shape index (κ1) is 13.8. The Bertz CT molecular complexity index is 120. The van der Waals surface area contributed by atoms with Gasteiger partial charge < -0.3 is 20.3 Å². The molecule has 0 aromatic heterocycles. The fourth-order valence-corrected chi connectivity index (χ4v) is 1.17. The summed E-state index contributed by atoms with van der Waals surface area (Å²) in [6.45, 7) is 5.34. The van der Waals surface area contributed by atoms with Gasteiger partial charge in [0.2, 0.25) is 0 Å². The number of rotatable bonds is 9. The third kappa shape index (κ3) is 9.92. The zero-order chi connectivity index (χ0) is 10.8. The van der Waals surface area contributed by atoms with Crippen LogP contribution in [0, 0.1) is 0 Å². The second-order valence-corrected chi connectivity index (χ2v) is 3.86. The fourth-order valence-electron chi connectivity index (χ4n) is 1.17. The zero-order valence-corrected chi connectivity index (χ0v) is 9.83. The highest BCUT2D eigenvalue weighted by Crippen LogP contribution is 1.89. The van der Waals surface area contributed by atoms with Crippen molar-refractivity contribution < 1.29 is 4.74 Å². The van der Waals surface area contributed by atoms with Crippen molar-refractivity contribution in [1.29, 1.82) is 0 Å². The van der Waals surface area contributed by atoms with Gasteiger partial charge in [0.15, 0.2) is 0 Å². The van der Waals surface area contributed by atoms with Crippen LogP contribution < -0.4 is 5.73 Å². The third-order valence-electron chi connectivity index (χ3n) is 2.02. The SMILES string of the molecule is CN(C)CCCN(C)CCOCCN. The highest BCUT2D eigenvalue weighted by atomic mass is 16.5. The Balaban J connectivity index is 3.15. The van der Waals surface area contributed by atoms with Crippen LogP contribution in [0.25, 0.3) is 0 Å². The van der Waals surface area contributed by atoms with Crippen molar-refractivity contribution in [2.45, 2.75) is 6.42 Å². The molecule has 0 radical (unpaired) electrons. The molecule has 0 unspecified atom stereocenters. The van der Waals surface area contributed by atoms with E-state index in [2.05, 4.69) is 30.9 Å². The van der Waals surface area contributed by atoms with E-state index in [1.54, 1.807) is 0 Å². The molecule has 0 rings (SSSR count). The van der Waals surface area contributed by atoms with Gasteiger partial charge >= 0.3 is 0 Å². The van der Waals surface area contributed by atoms with E-state index in [0.717, 1.165) is 26.2 Å². The van der Waals surface area contributed by atoms with Crippen molar-refractivity contribution in [3.05, 3.63) is 0 Å². The molecule has 0 aliphatic rings. The van der Waals surface area contributed by atoms with E-state index in [-0.39, 0.29) is 0 Å². The van der Waals surface area contributed by atoms with Crippen molar-refractivity contribution >= 4 is 0 Å². The van der Waals surface area contributed by atoms with Gasteiger partial charge in [-0.3, -0.25) is 0 Å². The average molecular weight is 203 g/mol. The predicted octanol–water partition coefficient (Wildman–Crippen LogP) is -0.155. The molecule has 0 aromatic rings. The van der Waals surface area contributed by atoms with Crippen LogP contribution in [-0.2, 0) is 4.74 Å². The lowest BCUT2D eigenvalue weighted by molar-refractivity contribution is 0.116. The summed E-state index contributed by atoms with van der Waals surface area (Å²) >= 11 is 0. The Kier molecular flexibility index (Phi) is 9.29. The van der Waals surface area contributed by atoms with E-state index in [9.17, 15) is 0 Å². The van der Waals surface area contributed by atoms with Gasteiger partial charge in [0.1, 0.15) is 0 Å². The van der Waals surface area contributed by atoms with E-state index in [1.807, 2.05) is 0 Å². The Labute approximate surface area is 88.0 Å². The van der Waals surface area contributed by atoms with Gasteiger partial charge in [-0.15, -0.1) is 0 Å². The Hall–Kier alpha value is -0.160. The molecule has 0 aliphatic carbocycles. The minimum absolute atomic E-state index is 0.615. The van der Waals surface area contributed by atoms with Crippen LogP contribution in [0.4, 0.5) is 0 Å². The maximum Gasteiger partial charge on any atom is 0.0593 e. The maximum absolute atomic E-state index is 5.31. The summed E-state index contributed by atoms with van der Waals surface area (Å²) in [6, 6.07) is 0. The highest BCUT2D eigenvalue weighted by molar-refractivity contribution is 4.53. The number of hydrogen-bond acceptors (Lipinski definition) is 4. The largest absolute Gasteiger partial charge is 0.379 e. The molecule has 0 saturated carbocycles. The molecule has 0 aliphatic heterocycles. The van der Waals surface area contributed by atoms with Gasteiger partial charge in [-0.2, -0.15) is 0 Å². The topological polar surface area (TPSA) is 41.7 Å². The number of likely N-dealkylation sites (N-methyl/N-ethyl adjacent to an activating group) is 1. The number of nitrogens with zero attached hydrogens (tertiary/aromatic N) is 2. The van der Waals surface area contributed by atoms with Gasteiger partial charge in [-0.05, 0) is 40.7 Å². The quantitative estimate of drug-likeness (QED) is 0.529. The first-order valence-electron chi connectivity index (χ1n) is 5.28. The van der Waals surface area contributed by atoms with Crippen molar-refractivity contribution in [3.63, 3.8) is 0 Å². The Morgan fingerprint density at radius 2 is 1.71 bits per heavy atom. The molecule has 0 bridgehead atoms. The second kappa shape index (κ2) is 9.40. The van der Waals surface area contributed by atoms with Crippen molar-refractivity contribution in [2.24, 2.45) is 5.73 Å². The average Bonchev–Trinajstić information content (AvgIpc) is 2.12. The van der Waals surface area contributed by atoms with Crippen molar-refractivity contribution in [3.8, 4) is 0 Å². The molecule has 0 fully saturated rings. The molecule has 14 heavy (non-hydrogen) atoms. The summed E-state index contributed by atoms with van der Waals surface area (Å²) in [5, 5.41) is 0. The van der Waals surface area contributed by atoms with Gasteiger partial charge in [-0.25, -0.2) is 0 Å². The molecule has 2 N–H and O–H groups in total. The molecule has 4 nitrogen and oxygen atoms in total. The van der Waals surface area contributed by atoms with Crippen LogP contribution >= 0.6 is 0 Å². The van der Waals surface area contributed by atoms with Crippen LogP contribution in [0.1, 0.15) is 6.42 Å². The van der Waals surface area contributed by atoms with Crippen LogP contribution in [0.5, 0.6) is 0 Å². The van der Waals surface area contributed by atoms with Crippen molar-refractivity contribution in [2.75, 3.05) is 60.5 Å². The molecule has 0 amide bonds. The molecule has 0 saturated heterocycles. The molecule has 4 heteroatoms. The summed E-state index contributed by atoms with van der Waals surface area (Å²) in [6.07, 6.45) is 1.21. The number of hydrogen-bond donors (Lipinski definition) is 1. The van der Waals surface area contributed by atoms with Gasteiger partial charge in [-0.1, -0.05) is 0 Å². The summed E-state index contributed by atoms with van der Waals surface area (Å²) in [5.41, 5.74) is 5.31. The van der Waals surface area contributed by atoms with Gasteiger partial charge in [0, 0.05) is 13.1 Å². The highest BCUT2D eigenvalue weighted by Gasteiger charge is 1.98. The molecule has 0 heterocycles. The first-order valence-corrected chi connectivity index (χ1v) is 5.28. The minimum atomic E-state index is 0.615. The van der Waals surface area contributed by atoms with Crippen LogP contribution in [-0.4, -0.2) is 70.3 Å². The monoisotopic (exact) mass is 203 g/mol. The van der Waals surface area contributed by atoms with Gasteiger partial charge in [0.05, 0.1) is 13.2 Å². The van der Waals surface area contributed by atoms with E-state index in [1.165, 1.54) is 6.42 Å². The Morgan fingerprint density at radius 1 is 1.00 bits per heavy atom. The summed E-state index contributed by atoms with van der Waals surface area (Å²) in [7, 11) is 6.33. The molecular formula is C10H25N3O. The first-order chi connectivity index (χ1) is 6.66. The standard InChI is InChI=1S/C10H25N3O/c1-12(2)6-4-7-13(3)8-10-14-9-5-11/h4-11H2,1-3H3. The fraction of sp³-hybridized carbons (Fsp3) is 1.00. The minimum Gasteiger partial charge on any atom is -0.379 e. The van der Waals surface area contributed by atoms with Crippen LogP contribution in [0.15, 0.2) is 0 Å². The summed E-state index contributed by atoms with van der Waals surface area (Å²) in [5.74, 6) is 0. The molecule has 0 atom stereocenters. The van der Waals surface area contributed by atoms with E-state index < -0.39 is 0 Å². The third-order valence-corrected chi connectivity index (χ3v) is 2.02. The summed E-state index contributed by atoms with van der Waals surface area (Å²) < 4.78 is 5.30. The normalized spacial score (nSPS) is 11.6. The van der Waals surface area contributed by atoms with E-state index in [4.69, 9.17) is 10.5 Å². The Morgan fingerprint density at radius 3 is 2.29 bits per heavy atom. The lowest BCUT2D eigenvalue weighted by Gasteiger charge is -2.17. The molecular weight excluding hydrogens is 178 g/mol. The second-order valence-electron chi connectivity index (χ2n) is 3.86. The van der Waals surface area contributed by atoms with Gasteiger partial charge in [0.25, 0.3) is 0 Å². The molecule has 86 valence electrons. The van der Waals surface area contributed by atoms with E-state index in [0.29, 0.717) is 13.2 Å². The number of ether oxygens (including phenoxy) is 1. The smallest absolute Gasteiger partial charge is 0.0593 e. The lowest BCUT2D eigenvalue weighted by atomic mass is 10.4. The number of nitrogens with two attached hydrogens (primary N) is 1. The maximum atomic E-state index is 5.31. The zero-order valence-electron chi connectivity index (χ0n) is 9.83. The molecule has 0 aromatic carbocycles. The summed E-state index contributed by atoms with van der Waals surface area (Å²) in [4.78, 5) is 4.50. The molecule has 0 spiro atoms. The van der Waals surface area contributed by atoms with Crippen LogP contribution in [0.3, 0.4) is 0 Å².